The number of sulfonamides is 2. The minimum Gasteiger partial charge on any atom is -0.381 e. The molecule has 2 aliphatic heterocycles. The van der Waals surface area contributed by atoms with E-state index in [0.717, 1.165) is 104 Å². The number of aromatic nitrogens is 4. The van der Waals surface area contributed by atoms with Gasteiger partial charge in [-0.1, -0.05) is 75.9 Å². The Labute approximate surface area is 411 Å². The number of nitrogens with zero attached hydrogens (tertiary/aromatic N) is 4. The van der Waals surface area contributed by atoms with Crippen molar-refractivity contribution in [1.82, 2.24) is 19.1 Å². The Morgan fingerprint density at radius 1 is 0.609 bits per heavy atom. The topological polar surface area (TPSA) is 169 Å². The summed E-state index contributed by atoms with van der Waals surface area (Å²) in [6.07, 6.45) is 7.47. The maximum absolute atomic E-state index is 14.0. The summed E-state index contributed by atoms with van der Waals surface area (Å²) in [6.45, 7) is 20.4. The summed E-state index contributed by atoms with van der Waals surface area (Å²) in [5, 5.41) is 0. The van der Waals surface area contributed by atoms with Crippen molar-refractivity contribution in [2.45, 2.75) is 136 Å². The number of aromatic amines is 2. The van der Waals surface area contributed by atoms with Gasteiger partial charge >= 0.3 is 11.4 Å². The molecule has 2 N–H and O–H groups in total. The number of hydrogen-bond acceptors (Lipinski definition) is 8. The fourth-order valence-corrected chi connectivity index (χ4v) is 13.6. The highest BCUT2D eigenvalue weighted by Crippen LogP contribution is 2.37. The van der Waals surface area contributed by atoms with Crippen molar-refractivity contribution in [3.05, 3.63) is 116 Å². The average molecular weight is 989 g/mol. The molecule has 2 aromatic heterocycles. The zero-order valence-electron chi connectivity index (χ0n) is 41.7. The van der Waals surface area contributed by atoms with E-state index in [1.807, 2.05) is 91.8 Å². The van der Waals surface area contributed by atoms with Gasteiger partial charge in [0, 0.05) is 55.0 Å². The number of imidazole rings is 2. The number of anilines is 2. The third-order valence-electron chi connectivity index (χ3n) is 13.6. The van der Waals surface area contributed by atoms with Crippen molar-refractivity contribution >= 4 is 53.5 Å². The molecule has 0 bridgehead atoms. The molecule has 4 heterocycles. The van der Waals surface area contributed by atoms with Crippen LogP contribution >= 0.6 is 0 Å². The minimum atomic E-state index is -3.82. The number of fused-ring (bicyclic) bond motifs is 2. The van der Waals surface area contributed by atoms with Crippen LogP contribution in [0.2, 0.25) is 0 Å². The molecule has 2 saturated heterocycles. The lowest BCUT2D eigenvalue weighted by molar-refractivity contribution is 0.0612. The van der Waals surface area contributed by atoms with E-state index in [4.69, 9.17) is 9.47 Å². The maximum atomic E-state index is 14.0. The molecule has 69 heavy (non-hydrogen) atoms. The summed E-state index contributed by atoms with van der Waals surface area (Å²) in [4.78, 5) is 31.5. The number of H-pyrrole nitrogens is 2. The van der Waals surface area contributed by atoms with Gasteiger partial charge in [0.1, 0.15) is 0 Å². The van der Waals surface area contributed by atoms with Crippen LogP contribution in [-0.2, 0) is 42.6 Å². The van der Waals surface area contributed by atoms with Gasteiger partial charge in [0.15, 0.2) is 0 Å². The first-order valence-corrected chi connectivity index (χ1v) is 27.7. The van der Waals surface area contributed by atoms with Crippen LogP contribution in [0.4, 0.5) is 11.4 Å². The summed E-state index contributed by atoms with van der Waals surface area (Å²) in [7, 11) is -7.63. The van der Waals surface area contributed by atoms with Crippen molar-refractivity contribution in [1.29, 1.82) is 0 Å². The van der Waals surface area contributed by atoms with Gasteiger partial charge < -0.3 is 19.4 Å². The first kappa shape index (κ1) is 51.7. The van der Waals surface area contributed by atoms with E-state index in [-0.39, 0.29) is 36.0 Å². The molecule has 1 aliphatic carbocycles. The molecule has 16 heteroatoms. The number of nitrogens with one attached hydrogen (secondary N) is 2. The van der Waals surface area contributed by atoms with E-state index < -0.39 is 20.0 Å². The van der Waals surface area contributed by atoms with E-state index in [1.54, 1.807) is 49.8 Å². The molecule has 0 atom stereocenters. The van der Waals surface area contributed by atoms with E-state index in [0.29, 0.717) is 61.4 Å². The average Bonchev–Trinajstić information content (AvgIpc) is 4.05. The third-order valence-corrected chi connectivity index (χ3v) is 17.2. The highest BCUT2D eigenvalue weighted by molar-refractivity contribution is 7.93. The van der Waals surface area contributed by atoms with Gasteiger partial charge in [-0.25, -0.2) is 26.4 Å². The molecule has 6 aromatic rings. The largest absolute Gasteiger partial charge is 0.381 e. The molecule has 0 spiro atoms. The van der Waals surface area contributed by atoms with Crippen molar-refractivity contribution in [3.63, 3.8) is 0 Å². The first-order valence-electron chi connectivity index (χ1n) is 24.8. The van der Waals surface area contributed by atoms with Crippen molar-refractivity contribution in [3.8, 4) is 0 Å². The van der Waals surface area contributed by atoms with Crippen molar-refractivity contribution in [2.24, 2.45) is 17.8 Å². The van der Waals surface area contributed by atoms with Crippen LogP contribution in [0.15, 0.2) is 92.2 Å². The van der Waals surface area contributed by atoms with Crippen LogP contribution in [0.25, 0.3) is 22.1 Å². The van der Waals surface area contributed by atoms with Crippen LogP contribution in [0, 0.1) is 45.4 Å². The Hall–Kier alpha value is -5.16. The normalized spacial score (nSPS) is 16.4. The molecule has 14 nitrogen and oxygen atoms in total. The Morgan fingerprint density at radius 3 is 1.48 bits per heavy atom. The minimum absolute atomic E-state index is 0. The van der Waals surface area contributed by atoms with Crippen molar-refractivity contribution < 1.29 is 29.2 Å². The SMILES string of the molecule is CC.Cc1ccc(N(C2CCCC2)S(=O)(=O)c2ccc3c(c2)[nH]c(=O)n3CC2CCOCC2)c(C)c1.Cc1ccc(N(CC(C)C)S(=O)(=O)c2ccc3c(c2)[nH]c(=O)n3CC2CCOCC2)c(C)c1.[HH].[HH]. The zero-order valence-corrected chi connectivity index (χ0v) is 43.3. The highest BCUT2D eigenvalue weighted by Gasteiger charge is 2.35. The van der Waals surface area contributed by atoms with E-state index >= 15 is 0 Å². The fourth-order valence-electron chi connectivity index (χ4n) is 10.0. The van der Waals surface area contributed by atoms with Gasteiger partial charge in [-0.3, -0.25) is 17.7 Å². The van der Waals surface area contributed by atoms with Gasteiger partial charge in [-0.15, -0.1) is 0 Å². The summed E-state index contributed by atoms with van der Waals surface area (Å²) in [5.74, 6) is 0.908. The highest BCUT2D eigenvalue weighted by atomic mass is 32.2. The molecule has 378 valence electrons. The quantitative estimate of drug-likeness (QED) is 0.115. The third kappa shape index (κ3) is 11.6. The van der Waals surface area contributed by atoms with Crippen LogP contribution in [0.3, 0.4) is 0 Å². The number of hydrogen-bond donors (Lipinski definition) is 2. The Kier molecular flexibility index (Phi) is 16.7. The molecule has 3 aliphatic rings. The van der Waals surface area contributed by atoms with Gasteiger partial charge in [-0.2, -0.15) is 0 Å². The lowest BCUT2D eigenvalue weighted by Crippen LogP contribution is -2.39. The van der Waals surface area contributed by atoms with Crippen LogP contribution in [0.5, 0.6) is 0 Å². The predicted octanol–water partition coefficient (Wildman–Crippen LogP) is 10.3. The van der Waals surface area contributed by atoms with Crippen LogP contribution in [-0.4, -0.2) is 75.0 Å². The van der Waals surface area contributed by atoms with Gasteiger partial charge in [0.25, 0.3) is 20.0 Å². The fraction of sp³-hybridized carbons (Fsp3) is 0.509. The maximum Gasteiger partial charge on any atom is 0.326 e. The second-order valence-corrected chi connectivity index (χ2v) is 23.0. The van der Waals surface area contributed by atoms with Crippen LogP contribution in [0.1, 0.15) is 104 Å². The number of ether oxygens (including phenoxy) is 2. The molecule has 0 amide bonds. The zero-order chi connectivity index (χ0) is 49.6. The summed E-state index contributed by atoms with van der Waals surface area (Å²) in [6, 6.07) is 21.7. The molecule has 1 saturated carbocycles. The number of rotatable bonds is 13. The smallest absolute Gasteiger partial charge is 0.326 e. The predicted molar refractivity (Wildman–Crippen MR) is 281 cm³/mol. The molecule has 0 radical (unpaired) electrons. The lowest BCUT2D eigenvalue weighted by atomic mass is 10.0. The van der Waals surface area contributed by atoms with E-state index in [1.165, 1.54) is 4.31 Å². The van der Waals surface area contributed by atoms with Gasteiger partial charge in [0.2, 0.25) is 0 Å². The number of benzene rings is 4. The Morgan fingerprint density at radius 2 is 1.04 bits per heavy atom. The summed E-state index contributed by atoms with van der Waals surface area (Å²) < 4.78 is 73.0. The second-order valence-electron chi connectivity index (χ2n) is 19.3. The lowest BCUT2D eigenvalue weighted by Gasteiger charge is -2.31. The standard InChI is InChI=1S/C26H33N3O4S.C25H33N3O4S.C2H6.2H2/c1-18-7-9-24(19(2)15-18)29(21-5-3-4-6-21)34(31,32)22-8-10-25-23(16-22)27-26(30)28(25)17-20-11-13-33-14-12-20;1-17(2)15-28(23-7-5-18(3)13-19(23)4)33(30,31)21-6-8-24-22(14-21)26-25(29)27(24)16-20-9-11-32-12-10-20;1-2;;/h7-10,15-16,20-21H,3-6,11-14,17H2,1-2H3,(H,27,30);5-8,13-14,17,20H,9-12,15-16H2,1-4H3,(H,26,29);1-2H3;2*1H. The monoisotopic (exact) mass is 989 g/mol. The summed E-state index contributed by atoms with van der Waals surface area (Å²) in [5.41, 5.74) is 7.65. The first-order chi connectivity index (χ1) is 33.0. The van der Waals surface area contributed by atoms with E-state index in [2.05, 4.69) is 9.97 Å². The second kappa shape index (κ2) is 22.3. The van der Waals surface area contributed by atoms with Crippen LogP contribution < -0.4 is 20.0 Å². The number of aryl methyl sites for hydroxylation is 4. The molecule has 3 fully saturated rings. The van der Waals surface area contributed by atoms with Gasteiger partial charge in [-0.05, 0) is 144 Å². The van der Waals surface area contributed by atoms with Crippen molar-refractivity contribution in [2.75, 3.05) is 41.6 Å². The molecular weight excluding hydrogens is 913 g/mol. The van der Waals surface area contributed by atoms with Gasteiger partial charge in [0.05, 0.1) is 43.2 Å². The Balaban J connectivity index is 0.000000249. The molecule has 9 rings (SSSR count). The van der Waals surface area contributed by atoms with E-state index in [9.17, 15) is 26.4 Å². The summed E-state index contributed by atoms with van der Waals surface area (Å²) >= 11 is 0. The molecular formula is C53H76N6O8S2. The molecule has 4 aromatic carbocycles. The Bertz CT molecular complexity index is 3070. The molecule has 0 unspecified atom stereocenters.